The fourth-order valence-electron chi connectivity index (χ4n) is 2.80. The van der Waals surface area contributed by atoms with Crippen LogP contribution >= 0.6 is 0 Å². The Labute approximate surface area is 145 Å². The van der Waals surface area contributed by atoms with Crippen LogP contribution in [-0.4, -0.2) is 53.8 Å². The van der Waals surface area contributed by atoms with E-state index in [1.165, 1.54) is 6.92 Å². The fraction of sp³-hybridized carbons (Fsp3) is 0.444. The van der Waals surface area contributed by atoms with Crippen molar-refractivity contribution in [2.24, 2.45) is 0 Å². The monoisotopic (exact) mass is 347 g/mol. The average molecular weight is 347 g/mol. The van der Waals surface area contributed by atoms with Crippen molar-refractivity contribution in [3.63, 3.8) is 0 Å². The van der Waals surface area contributed by atoms with Crippen LogP contribution in [0.5, 0.6) is 0 Å². The molecule has 0 saturated carbocycles. The number of benzene rings is 1. The second-order valence-electron chi connectivity index (χ2n) is 5.61. The van der Waals surface area contributed by atoms with E-state index >= 15 is 0 Å². The minimum Gasteiger partial charge on any atom is -0.464 e. The number of rotatable bonds is 8. The number of ketones is 1. The third-order valence-electron chi connectivity index (χ3n) is 4.21. The van der Waals surface area contributed by atoms with Crippen LogP contribution in [0.1, 0.15) is 47.9 Å². The molecule has 1 unspecified atom stereocenters. The van der Waals surface area contributed by atoms with Crippen molar-refractivity contribution in [1.82, 2.24) is 4.90 Å². The van der Waals surface area contributed by atoms with Gasteiger partial charge in [0, 0.05) is 0 Å². The molecule has 0 radical (unpaired) electrons. The van der Waals surface area contributed by atoms with Crippen molar-refractivity contribution in [3.8, 4) is 0 Å². The maximum atomic E-state index is 12.3. The van der Waals surface area contributed by atoms with E-state index < -0.39 is 29.2 Å². The molecule has 0 aromatic heterocycles. The number of hydrogen-bond acceptors (Lipinski definition) is 6. The number of nitrogens with zero attached hydrogens (tertiary/aromatic N) is 1. The van der Waals surface area contributed by atoms with Gasteiger partial charge in [0.05, 0.1) is 30.9 Å². The van der Waals surface area contributed by atoms with Crippen molar-refractivity contribution < 1.29 is 28.7 Å². The van der Waals surface area contributed by atoms with Crippen LogP contribution in [0.4, 0.5) is 0 Å². The molecule has 2 amide bonds. The SMILES string of the molecule is CCOC(=O)C(CC)(OCCN1C(=O)c2ccccc2C1=O)C(C)=O. The minimum absolute atomic E-state index is 0.0548. The number of amides is 2. The molecule has 1 heterocycles. The van der Waals surface area contributed by atoms with Gasteiger partial charge in [-0.25, -0.2) is 4.79 Å². The molecule has 1 aliphatic heterocycles. The van der Waals surface area contributed by atoms with Gasteiger partial charge in [0.15, 0.2) is 5.78 Å². The van der Waals surface area contributed by atoms with E-state index in [4.69, 9.17) is 9.47 Å². The van der Waals surface area contributed by atoms with Gasteiger partial charge in [-0.2, -0.15) is 0 Å². The predicted molar refractivity (Wildman–Crippen MR) is 88.1 cm³/mol. The Morgan fingerprint density at radius 2 is 1.64 bits per heavy atom. The largest absolute Gasteiger partial charge is 0.464 e. The number of ether oxygens (including phenoxy) is 2. The van der Waals surface area contributed by atoms with E-state index in [1.54, 1.807) is 38.1 Å². The van der Waals surface area contributed by atoms with Crippen LogP contribution in [0.15, 0.2) is 24.3 Å². The highest BCUT2D eigenvalue weighted by Gasteiger charge is 2.45. The molecule has 1 aromatic rings. The molecule has 2 rings (SSSR count). The second-order valence-corrected chi connectivity index (χ2v) is 5.61. The third kappa shape index (κ3) is 3.32. The van der Waals surface area contributed by atoms with Crippen molar-refractivity contribution >= 4 is 23.6 Å². The second kappa shape index (κ2) is 7.57. The Bertz CT molecular complexity index is 678. The zero-order chi connectivity index (χ0) is 18.6. The van der Waals surface area contributed by atoms with Crippen molar-refractivity contribution in [2.45, 2.75) is 32.8 Å². The van der Waals surface area contributed by atoms with E-state index in [-0.39, 0.29) is 26.2 Å². The number of esters is 1. The van der Waals surface area contributed by atoms with Crippen LogP contribution in [0.2, 0.25) is 0 Å². The lowest BCUT2D eigenvalue weighted by molar-refractivity contribution is -0.177. The number of carbonyl (C=O) groups excluding carboxylic acids is 4. The smallest absolute Gasteiger partial charge is 0.346 e. The molecule has 0 saturated heterocycles. The van der Waals surface area contributed by atoms with E-state index in [0.29, 0.717) is 11.1 Å². The summed E-state index contributed by atoms with van der Waals surface area (Å²) in [5.74, 6) is -2.06. The van der Waals surface area contributed by atoms with E-state index in [1.807, 2.05) is 0 Å². The van der Waals surface area contributed by atoms with E-state index in [9.17, 15) is 19.2 Å². The molecular formula is C18H21NO6. The zero-order valence-electron chi connectivity index (χ0n) is 14.5. The van der Waals surface area contributed by atoms with Gasteiger partial charge in [0.1, 0.15) is 0 Å². The first kappa shape index (κ1) is 18.8. The summed E-state index contributed by atoms with van der Waals surface area (Å²) in [6.45, 7) is 4.45. The maximum absolute atomic E-state index is 12.3. The first-order chi connectivity index (χ1) is 11.9. The van der Waals surface area contributed by atoms with Gasteiger partial charge in [0.2, 0.25) is 5.60 Å². The Balaban J connectivity index is 2.08. The summed E-state index contributed by atoms with van der Waals surface area (Å²) >= 11 is 0. The predicted octanol–water partition coefficient (Wildman–Crippen LogP) is 1.60. The van der Waals surface area contributed by atoms with Crippen LogP contribution < -0.4 is 0 Å². The molecule has 0 N–H and O–H groups in total. The van der Waals surface area contributed by atoms with Gasteiger partial charge in [-0.1, -0.05) is 19.1 Å². The van der Waals surface area contributed by atoms with Crippen molar-refractivity contribution in [3.05, 3.63) is 35.4 Å². The van der Waals surface area contributed by atoms with Gasteiger partial charge in [-0.3, -0.25) is 19.3 Å². The molecule has 7 nitrogen and oxygen atoms in total. The maximum Gasteiger partial charge on any atom is 0.346 e. The highest BCUT2D eigenvalue weighted by Crippen LogP contribution is 2.24. The molecular weight excluding hydrogens is 326 g/mol. The van der Waals surface area contributed by atoms with Gasteiger partial charge in [0.25, 0.3) is 11.8 Å². The Hall–Kier alpha value is -2.54. The van der Waals surface area contributed by atoms with Gasteiger partial charge < -0.3 is 9.47 Å². The normalized spacial score (nSPS) is 15.7. The number of Topliss-reactive ketones (excluding diaryl/α,β-unsaturated/α-hetero) is 1. The third-order valence-corrected chi connectivity index (χ3v) is 4.21. The number of imide groups is 1. The molecule has 0 bridgehead atoms. The first-order valence-corrected chi connectivity index (χ1v) is 8.16. The summed E-state index contributed by atoms with van der Waals surface area (Å²) in [5.41, 5.74) is -1.04. The quantitative estimate of drug-likeness (QED) is 0.403. The molecule has 7 heteroatoms. The summed E-state index contributed by atoms with van der Waals surface area (Å²) in [6.07, 6.45) is 0.100. The van der Waals surface area contributed by atoms with Crippen molar-refractivity contribution in [2.75, 3.05) is 19.8 Å². The molecule has 1 atom stereocenters. The molecule has 1 aromatic carbocycles. The summed E-state index contributed by atoms with van der Waals surface area (Å²) in [4.78, 5) is 49.8. The topological polar surface area (TPSA) is 90.0 Å². The highest BCUT2D eigenvalue weighted by atomic mass is 16.6. The molecule has 1 aliphatic rings. The fourth-order valence-corrected chi connectivity index (χ4v) is 2.80. The van der Waals surface area contributed by atoms with Crippen molar-refractivity contribution in [1.29, 1.82) is 0 Å². The summed E-state index contributed by atoms with van der Waals surface area (Å²) in [7, 11) is 0. The highest BCUT2D eigenvalue weighted by molar-refractivity contribution is 6.21. The van der Waals surface area contributed by atoms with E-state index in [2.05, 4.69) is 0 Å². The molecule has 0 fully saturated rings. The first-order valence-electron chi connectivity index (χ1n) is 8.16. The van der Waals surface area contributed by atoms with Gasteiger partial charge in [-0.05, 0) is 32.4 Å². The minimum atomic E-state index is -1.71. The molecule has 0 spiro atoms. The summed E-state index contributed by atoms with van der Waals surface area (Å²) < 4.78 is 10.5. The Morgan fingerprint density at radius 3 is 2.08 bits per heavy atom. The molecule has 25 heavy (non-hydrogen) atoms. The zero-order valence-corrected chi connectivity index (χ0v) is 14.5. The molecule has 134 valence electrons. The van der Waals surface area contributed by atoms with Crippen LogP contribution in [0.3, 0.4) is 0 Å². The van der Waals surface area contributed by atoms with Crippen LogP contribution in [0.25, 0.3) is 0 Å². The Morgan fingerprint density at radius 1 is 1.08 bits per heavy atom. The number of hydrogen-bond donors (Lipinski definition) is 0. The number of carbonyl (C=O) groups is 4. The van der Waals surface area contributed by atoms with Crippen LogP contribution in [0, 0.1) is 0 Å². The molecule has 0 aliphatic carbocycles. The summed E-state index contributed by atoms with van der Waals surface area (Å²) in [5, 5.41) is 0. The standard InChI is InChI=1S/C18H21NO6/c1-4-18(12(3)20,17(23)24-5-2)25-11-10-19-15(21)13-8-6-7-9-14(13)16(19)22/h6-9H,4-5,10-11H2,1-3H3. The average Bonchev–Trinajstić information content (AvgIpc) is 2.84. The van der Waals surface area contributed by atoms with Crippen LogP contribution in [-0.2, 0) is 19.1 Å². The lowest BCUT2D eigenvalue weighted by Gasteiger charge is -2.28. The lowest BCUT2D eigenvalue weighted by Crippen LogP contribution is -2.50. The van der Waals surface area contributed by atoms with E-state index in [0.717, 1.165) is 4.90 Å². The van der Waals surface area contributed by atoms with Gasteiger partial charge in [-0.15, -0.1) is 0 Å². The lowest BCUT2D eigenvalue weighted by atomic mass is 9.96. The summed E-state index contributed by atoms with van der Waals surface area (Å²) in [6, 6.07) is 6.53. The number of fused-ring (bicyclic) bond motifs is 1. The van der Waals surface area contributed by atoms with Gasteiger partial charge >= 0.3 is 5.97 Å². The Kier molecular flexibility index (Phi) is 5.69.